The topological polar surface area (TPSA) is 49.3 Å². The molecule has 3 aliphatic rings. The minimum atomic E-state index is -0.241. The number of piperidine rings is 2. The molecule has 2 aliphatic heterocycles. The maximum absolute atomic E-state index is 13.8. The molecular weight excluding hydrogens is 384 g/mol. The first-order valence-electron chi connectivity index (χ1n) is 11.7. The summed E-state index contributed by atoms with van der Waals surface area (Å²) in [6.07, 6.45) is 8.79. The Labute approximate surface area is 185 Å². The summed E-state index contributed by atoms with van der Waals surface area (Å²) >= 11 is 0. The third-order valence-corrected chi connectivity index (χ3v) is 7.78. The van der Waals surface area contributed by atoms with E-state index in [4.69, 9.17) is 0 Å². The fourth-order valence-corrected chi connectivity index (χ4v) is 7.50. The molecule has 31 heavy (non-hydrogen) atoms. The number of rotatable bonds is 6. The van der Waals surface area contributed by atoms with Gasteiger partial charge in [0.05, 0.1) is 6.17 Å². The summed E-state index contributed by atoms with van der Waals surface area (Å²) in [7, 11) is 0. The van der Waals surface area contributed by atoms with E-state index in [1.165, 1.54) is 6.42 Å². The molecule has 5 heteroatoms. The van der Waals surface area contributed by atoms with E-state index in [1.807, 2.05) is 30.6 Å². The van der Waals surface area contributed by atoms with Gasteiger partial charge in [-0.1, -0.05) is 32.9 Å². The van der Waals surface area contributed by atoms with Crippen LogP contribution in [0.2, 0.25) is 0 Å². The van der Waals surface area contributed by atoms with Crippen molar-refractivity contribution in [1.82, 2.24) is 19.8 Å². The van der Waals surface area contributed by atoms with Crippen LogP contribution < -0.4 is 0 Å². The number of amides is 1. The third kappa shape index (κ3) is 3.67. The molecule has 2 saturated heterocycles. The predicted molar refractivity (Wildman–Crippen MR) is 121 cm³/mol. The molecule has 3 fully saturated rings. The number of pyridine rings is 2. The van der Waals surface area contributed by atoms with Crippen LogP contribution in [-0.2, 0) is 17.6 Å². The van der Waals surface area contributed by atoms with Crippen LogP contribution in [0.5, 0.6) is 0 Å². The number of nitrogens with zero attached hydrogens (tertiary/aromatic N) is 4. The summed E-state index contributed by atoms with van der Waals surface area (Å²) in [6, 6.07) is 12.2. The number of carbonyl (C=O) groups excluding carboxylic acids is 1. The Hall–Kier alpha value is -2.27. The van der Waals surface area contributed by atoms with Gasteiger partial charge in [0.1, 0.15) is 0 Å². The van der Waals surface area contributed by atoms with Crippen molar-refractivity contribution >= 4 is 5.91 Å². The van der Waals surface area contributed by atoms with Crippen LogP contribution in [0.1, 0.15) is 51.4 Å². The quantitative estimate of drug-likeness (QED) is 0.713. The Balaban J connectivity index is 1.44. The van der Waals surface area contributed by atoms with Gasteiger partial charge in [0.15, 0.2) is 0 Å². The first kappa shape index (κ1) is 20.6. The smallest absolute Gasteiger partial charge is 0.229 e. The fourth-order valence-electron chi connectivity index (χ4n) is 7.50. The van der Waals surface area contributed by atoms with Gasteiger partial charge < -0.3 is 4.90 Å². The van der Waals surface area contributed by atoms with E-state index in [0.717, 1.165) is 56.7 Å². The number of hydrogen-bond acceptors (Lipinski definition) is 4. The number of aromatic nitrogens is 2. The van der Waals surface area contributed by atoms with E-state index in [2.05, 4.69) is 58.7 Å². The van der Waals surface area contributed by atoms with Crippen molar-refractivity contribution < 1.29 is 4.79 Å². The van der Waals surface area contributed by atoms with Crippen LogP contribution in [0, 0.1) is 16.2 Å². The second-order valence-electron chi connectivity index (χ2n) is 11.0. The fraction of sp³-hybridized carbons (Fsp3) is 0.577. The highest BCUT2D eigenvalue weighted by molar-refractivity contribution is 5.84. The molecule has 0 radical (unpaired) electrons. The minimum Gasteiger partial charge on any atom is -0.326 e. The highest BCUT2D eigenvalue weighted by Crippen LogP contribution is 2.63. The molecule has 2 aromatic rings. The van der Waals surface area contributed by atoms with Gasteiger partial charge in [0.2, 0.25) is 5.91 Å². The van der Waals surface area contributed by atoms with Gasteiger partial charge in [0.25, 0.3) is 0 Å². The highest BCUT2D eigenvalue weighted by atomic mass is 16.2. The zero-order valence-electron chi connectivity index (χ0n) is 19.1. The lowest BCUT2D eigenvalue weighted by atomic mass is 9.48. The Morgan fingerprint density at radius 2 is 1.55 bits per heavy atom. The number of likely N-dealkylation sites (tertiary alicyclic amines) is 2. The average molecular weight is 419 g/mol. The van der Waals surface area contributed by atoms with Gasteiger partial charge in [-0.3, -0.25) is 19.7 Å². The standard InChI is InChI=1S/C26H34N4O/c1-24-16-25(2)18-26(3,17-24)23(31)30(15-11-21-9-5-7-13-28-21)22(25)29(19-24)14-10-20-8-4-6-12-27-20/h4-9,12-13,22H,10-11,14-19H2,1-3H3/t22-,24-,25+,26-/m1/s1. The van der Waals surface area contributed by atoms with Gasteiger partial charge >= 0.3 is 0 Å². The van der Waals surface area contributed by atoms with Crippen LogP contribution in [0.3, 0.4) is 0 Å². The normalized spacial score (nSPS) is 34.9. The van der Waals surface area contributed by atoms with E-state index in [0.29, 0.717) is 5.91 Å². The lowest BCUT2D eigenvalue weighted by molar-refractivity contribution is -0.220. The van der Waals surface area contributed by atoms with E-state index in [1.54, 1.807) is 0 Å². The van der Waals surface area contributed by atoms with Crippen molar-refractivity contribution in [1.29, 1.82) is 0 Å². The Kier molecular flexibility index (Phi) is 4.93. The molecule has 4 heterocycles. The summed E-state index contributed by atoms with van der Waals surface area (Å²) < 4.78 is 0. The summed E-state index contributed by atoms with van der Waals surface area (Å²) in [5, 5.41) is 0. The lowest BCUT2D eigenvalue weighted by Gasteiger charge is -2.68. The van der Waals surface area contributed by atoms with Crippen molar-refractivity contribution in [3.05, 3.63) is 60.2 Å². The van der Waals surface area contributed by atoms with Crippen molar-refractivity contribution in [2.75, 3.05) is 19.6 Å². The lowest BCUT2D eigenvalue weighted by Crippen LogP contribution is -2.74. The van der Waals surface area contributed by atoms with Gasteiger partial charge in [0, 0.05) is 67.1 Å². The molecule has 1 aliphatic carbocycles. The molecule has 5 rings (SSSR count). The van der Waals surface area contributed by atoms with Crippen LogP contribution >= 0.6 is 0 Å². The zero-order chi connectivity index (χ0) is 21.7. The number of carbonyl (C=O) groups is 1. The van der Waals surface area contributed by atoms with Crippen molar-refractivity contribution in [2.45, 2.75) is 59.0 Å². The summed E-state index contributed by atoms with van der Waals surface area (Å²) in [6.45, 7) is 9.80. The molecule has 1 amide bonds. The van der Waals surface area contributed by atoms with E-state index < -0.39 is 0 Å². The first-order valence-corrected chi connectivity index (χ1v) is 11.7. The molecule has 2 aromatic heterocycles. The van der Waals surface area contributed by atoms with Crippen LogP contribution in [0.4, 0.5) is 0 Å². The van der Waals surface area contributed by atoms with Crippen LogP contribution in [-0.4, -0.2) is 51.5 Å². The first-order chi connectivity index (χ1) is 14.8. The molecule has 0 aromatic carbocycles. The van der Waals surface area contributed by atoms with Crippen molar-refractivity contribution in [3.63, 3.8) is 0 Å². The number of fused-ring (bicyclic) bond motifs is 2. The van der Waals surface area contributed by atoms with Gasteiger partial charge in [-0.05, 0) is 48.9 Å². The van der Waals surface area contributed by atoms with E-state index in [9.17, 15) is 4.79 Å². The molecule has 1 saturated carbocycles. The SMILES string of the molecule is C[C@]12CN(CCc3ccccn3)[C@@H]3N(CCc4ccccn4)C(=O)[C@](C)(C1)C[C@]3(C)C2. The van der Waals surface area contributed by atoms with E-state index in [-0.39, 0.29) is 22.4 Å². The van der Waals surface area contributed by atoms with Crippen molar-refractivity contribution in [3.8, 4) is 0 Å². The summed E-state index contributed by atoms with van der Waals surface area (Å²) in [5.74, 6) is 0.347. The monoisotopic (exact) mass is 418 g/mol. The molecule has 0 N–H and O–H groups in total. The Morgan fingerprint density at radius 3 is 2.16 bits per heavy atom. The second-order valence-corrected chi connectivity index (χ2v) is 11.0. The number of hydrogen-bond donors (Lipinski definition) is 0. The molecule has 0 spiro atoms. The van der Waals surface area contributed by atoms with Gasteiger partial charge in [-0.2, -0.15) is 0 Å². The molecule has 4 atom stereocenters. The zero-order valence-corrected chi connectivity index (χ0v) is 19.1. The molecule has 0 unspecified atom stereocenters. The molecular formula is C26H34N4O. The van der Waals surface area contributed by atoms with Crippen molar-refractivity contribution in [2.24, 2.45) is 16.2 Å². The Bertz CT molecular complexity index is 946. The maximum atomic E-state index is 13.8. The molecule has 164 valence electrons. The van der Waals surface area contributed by atoms with Gasteiger partial charge in [-0.15, -0.1) is 0 Å². The summed E-state index contributed by atoms with van der Waals surface area (Å²) in [5.41, 5.74) is 2.27. The average Bonchev–Trinajstić information content (AvgIpc) is 2.73. The minimum absolute atomic E-state index is 0.127. The van der Waals surface area contributed by atoms with Crippen LogP contribution in [0.25, 0.3) is 0 Å². The largest absolute Gasteiger partial charge is 0.326 e. The third-order valence-electron chi connectivity index (χ3n) is 7.78. The van der Waals surface area contributed by atoms with Crippen LogP contribution in [0.15, 0.2) is 48.8 Å². The second kappa shape index (κ2) is 7.40. The predicted octanol–water partition coefficient (Wildman–Crippen LogP) is 3.95. The highest BCUT2D eigenvalue weighted by Gasteiger charge is 2.65. The van der Waals surface area contributed by atoms with Gasteiger partial charge in [-0.25, -0.2) is 0 Å². The van der Waals surface area contributed by atoms with E-state index >= 15 is 0 Å². The molecule has 3 bridgehead atoms. The summed E-state index contributed by atoms with van der Waals surface area (Å²) in [4.78, 5) is 27.7. The maximum Gasteiger partial charge on any atom is 0.229 e. The Morgan fingerprint density at radius 1 is 0.903 bits per heavy atom. The molecule has 5 nitrogen and oxygen atoms in total.